The van der Waals surface area contributed by atoms with Gasteiger partial charge in [0.25, 0.3) is 5.91 Å². The van der Waals surface area contributed by atoms with Crippen molar-refractivity contribution in [1.82, 2.24) is 0 Å². The quantitative estimate of drug-likeness (QED) is 0.793. The molecule has 1 aliphatic heterocycles. The van der Waals surface area contributed by atoms with Crippen LogP contribution in [0.2, 0.25) is 0 Å². The van der Waals surface area contributed by atoms with Crippen LogP contribution in [0.25, 0.3) is 0 Å². The second kappa shape index (κ2) is 8.35. The molecule has 7 nitrogen and oxygen atoms in total. The third-order valence-corrected chi connectivity index (χ3v) is 4.19. The van der Waals surface area contributed by atoms with E-state index in [1.54, 1.807) is 41.3 Å². The number of amides is 2. The topological polar surface area (TPSA) is 84.9 Å². The van der Waals surface area contributed by atoms with Crippen LogP contribution in [0.15, 0.2) is 48.5 Å². The molecule has 1 fully saturated rings. The Kier molecular flexibility index (Phi) is 5.71. The van der Waals surface area contributed by atoms with Gasteiger partial charge in [0.1, 0.15) is 5.75 Å². The Labute approximate surface area is 156 Å². The number of rotatable bonds is 6. The van der Waals surface area contributed by atoms with Gasteiger partial charge in [0.05, 0.1) is 24.0 Å². The number of hydrogen-bond donors (Lipinski definition) is 1. The van der Waals surface area contributed by atoms with Crippen molar-refractivity contribution in [3.63, 3.8) is 0 Å². The minimum Gasteiger partial charge on any atom is -0.484 e. The van der Waals surface area contributed by atoms with E-state index in [9.17, 15) is 14.4 Å². The highest BCUT2D eigenvalue weighted by molar-refractivity contribution is 6.02. The van der Waals surface area contributed by atoms with E-state index in [0.29, 0.717) is 35.7 Å². The van der Waals surface area contributed by atoms with Gasteiger partial charge in [-0.2, -0.15) is 0 Å². The van der Waals surface area contributed by atoms with Crippen molar-refractivity contribution in [2.75, 3.05) is 30.5 Å². The summed E-state index contributed by atoms with van der Waals surface area (Å²) in [6.07, 6.45) is 1.33. The van der Waals surface area contributed by atoms with Crippen LogP contribution in [0.3, 0.4) is 0 Å². The predicted molar refractivity (Wildman–Crippen MR) is 99.9 cm³/mol. The molecule has 1 N–H and O–H groups in total. The van der Waals surface area contributed by atoms with E-state index in [1.807, 2.05) is 12.1 Å². The molecule has 0 bridgehead atoms. The van der Waals surface area contributed by atoms with Gasteiger partial charge in [-0.1, -0.05) is 12.1 Å². The lowest BCUT2D eigenvalue weighted by Gasteiger charge is -2.20. The second-order valence-corrected chi connectivity index (χ2v) is 6.02. The smallest absolute Gasteiger partial charge is 0.337 e. The molecule has 2 aromatic rings. The van der Waals surface area contributed by atoms with Crippen LogP contribution in [0.4, 0.5) is 11.4 Å². The summed E-state index contributed by atoms with van der Waals surface area (Å²) in [5.41, 5.74) is 1.66. The Bertz CT molecular complexity index is 848. The molecule has 7 heteroatoms. The summed E-state index contributed by atoms with van der Waals surface area (Å²) in [5, 5.41) is 2.79. The van der Waals surface area contributed by atoms with Crippen molar-refractivity contribution in [1.29, 1.82) is 0 Å². The monoisotopic (exact) mass is 368 g/mol. The van der Waals surface area contributed by atoms with E-state index < -0.39 is 5.97 Å². The fraction of sp³-hybridized carbons (Fsp3) is 0.250. The van der Waals surface area contributed by atoms with Crippen LogP contribution in [0.5, 0.6) is 5.75 Å². The van der Waals surface area contributed by atoms with Crippen molar-refractivity contribution < 1.29 is 23.9 Å². The lowest BCUT2D eigenvalue weighted by atomic mass is 10.2. The normalized spacial score (nSPS) is 13.4. The van der Waals surface area contributed by atoms with Gasteiger partial charge in [0, 0.05) is 13.0 Å². The molecule has 0 spiro atoms. The zero-order chi connectivity index (χ0) is 19.2. The first kappa shape index (κ1) is 18.4. The lowest BCUT2D eigenvalue weighted by molar-refractivity contribution is -0.118. The van der Waals surface area contributed by atoms with E-state index in [-0.39, 0.29) is 18.4 Å². The average Bonchev–Trinajstić information content (AvgIpc) is 3.12. The van der Waals surface area contributed by atoms with Crippen molar-refractivity contribution in [2.24, 2.45) is 0 Å². The summed E-state index contributed by atoms with van der Waals surface area (Å²) in [5.74, 6) is -0.266. The van der Waals surface area contributed by atoms with Gasteiger partial charge in [0.2, 0.25) is 5.91 Å². The van der Waals surface area contributed by atoms with Gasteiger partial charge in [-0.25, -0.2) is 4.79 Å². The fourth-order valence-corrected chi connectivity index (χ4v) is 2.86. The maximum atomic E-state index is 12.2. The first-order chi connectivity index (χ1) is 13.1. The molecule has 0 saturated carbocycles. The van der Waals surface area contributed by atoms with Crippen LogP contribution < -0.4 is 15.0 Å². The number of anilines is 2. The van der Waals surface area contributed by atoms with E-state index >= 15 is 0 Å². The lowest BCUT2D eigenvalue weighted by Crippen LogP contribution is -2.26. The Morgan fingerprint density at radius 1 is 1.11 bits per heavy atom. The maximum Gasteiger partial charge on any atom is 0.337 e. The highest BCUT2D eigenvalue weighted by Gasteiger charge is 2.24. The first-order valence-electron chi connectivity index (χ1n) is 8.59. The molecule has 0 atom stereocenters. The summed E-state index contributed by atoms with van der Waals surface area (Å²) < 4.78 is 10.1. The predicted octanol–water partition coefficient (Wildman–Crippen LogP) is 2.62. The molecule has 3 rings (SSSR count). The number of carbonyl (C=O) groups excluding carboxylic acids is 3. The maximum absolute atomic E-state index is 12.2. The minimum absolute atomic E-state index is 0.0543. The zero-order valence-corrected chi connectivity index (χ0v) is 14.9. The van der Waals surface area contributed by atoms with E-state index in [0.717, 1.165) is 6.42 Å². The Hall–Kier alpha value is -3.35. The SMILES string of the molecule is COC(=O)c1ccc(OCC(=O)Nc2ccccc2N2CCCC2=O)cc1. The molecule has 1 heterocycles. The molecule has 140 valence electrons. The third-order valence-electron chi connectivity index (χ3n) is 4.19. The molecule has 27 heavy (non-hydrogen) atoms. The third kappa shape index (κ3) is 4.44. The summed E-state index contributed by atoms with van der Waals surface area (Å²) in [7, 11) is 1.31. The summed E-state index contributed by atoms with van der Waals surface area (Å²) >= 11 is 0. The highest BCUT2D eigenvalue weighted by atomic mass is 16.5. The number of ether oxygens (including phenoxy) is 2. The average molecular weight is 368 g/mol. The Morgan fingerprint density at radius 2 is 1.85 bits per heavy atom. The van der Waals surface area contributed by atoms with Crippen LogP contribution in [-0.2, 0) is 14.3 Å². The van der Waals surface area contributed by atoms with Gasteiger partial charge in [-0.3, -0.25) is 9.59 Å². The number of hydrogen-bond acceptors (Lipinski definition) is 5. The van der Waals surface area contributed by atoms with Crippen molar-refractivity contribution in [3.8, 4) is 5.75 Å². The molecule has 0 aliphatic carbocycles. The molecule has 1 aliphatic rings. The van der Waals surface area contributed by atoms with Gasteiger partial charge >= 0.3 is 5.97 Å². The van der Waals surface area contributed by atoms with Crippen molar-refractivity contribution in [3.05, 3.63) is 54.1 Å². The van der Waals surface area contributed by atoms with Crippen LogP contribution in [0, 0.1) is 0 Å². The number of nitrogens with one attached hydrogen (secondary N) is 1. The molecule has 0 unspecified atom stereocenters. The summed E-state index contributed by atoms with van der Waals surface area (Å²) in [6.45, 7) is 0.453. The standard InChI is InChI=1S/C20H20N2O5/c1-26-20(25)14-8-10-15(11-9-14)27-13-18(23)21-16-5-2-3-6-17(16)22-12-4-7-19(22)24/h2-3,5-6,8-11H,4,7,12-13H2,1H3,(H,21,23). The Balaban J connectivity index is 1.60. The number of esters is 1. The largest absolute Gasteiger partial charge is 0.484 e. The summed E-state index contributed by atoms with van der Waals surface area (Å²) in [6, 6.07) is 13.5. The van der Waals surface area contributed by atoms with Gasteiger partial charge in [0.15, 0.2) is 6.61 Å². The number of methoxy groups -OCH3 is 1. The molecular formula is C20H20N2O5. The van der Waals surface area contributed by atoms with Crippen LogP contribution in [0.1, 0.15) is 23.2 Å². The molecule has 0 aromatic heterocycles. The number of nitrogens with zero attached hydrogens (tertiary/aromatic N) is 1. The molecule has 2 aromatic carbocycles. The number of benzene rings is 2. The molecule has 1 saturated heterocycles. The highest BCUT2D eigenvalue weighted by Crippen LogP contribution is 2.29. The van der Waals surface area contributed by atoms with Crippen LogP contribution in [-0.4, -0.2) is 38.0 Å². The minimum atomic E-state index is -0.438. The van der Waals surface area contributed by atoms with Crippen LogP contribution >= 0.6 is 0 Å². The van der Waals surface area contributed by atoms with Gasteiger partial charge in [-0.05, 0) is 42.8 Å². The second-order valence-electron chi connectivity index (χ2n) is 6.02. The fourth-order valence-electron chi connectivity index (χ4n) is 2.86. The van der Waals surface area contributed by atoms with E-state index in [1.165, 1.54) is 7.11 Å². The summed E-state index contributed by atoms with van der Waals surface area (Å²) in [4.78, 5) is 37.3. The first-order valence-corrected chi connectivity index (χ1v) is 8.59. The van der Waals surface area contributed by atoms with E-state index in [2.05, 4.69) is 10.1 Å². The molecular weight excluding hydrogens is 348 g/mol. The van der Waals surface area contributed by atoms with Crippen molar-refractivity contribution in [2.45, 2.75) is 12.8 Å². The number of carbonyl (C=O) groups is 3. The molecule has 2 amide bonds. The Morgan fingerprint density at radius 3 is 2.52 bits per heavy atom. The zero-order valence-electron chi connectivity index (χ0n) is 14.9. The van der Waals surface area contributed by atoms with E-state index in [4.69, 9.17) is 4.74 Å². The van der Waals surface area contributed by atoms with Gasteiger partial charge < -0.3 is 19.7 Å². The van der Waals surface area contributed by atoms with Gasteiger partial charge in [-0.15, -0.1) is 0 Å². The molecule has 0 radical (unpaired) electrons. The number of para-hydroxylation sites is 2. The van der Waals surface area contributed by atoms with Crippen molar-refractivity contribution >= 4 is 29.2 Å².